The number of hydrogen-bond acceptors (Lipinski definition) is 3. The lowest BCUT2D eigenvalue weighted by Crippen LogP contribution is -2.33. The molecule has 156 valence electrons. The van der Waals surface area contributed by atoms with Crippen LogP contribution in [0.2, 0.25) is 0 Å². The summed E-state index contributed by atoms with van der Waals surface area (Å²) in [5.41, 5.74) is 2.21. The van der Waals surface area contributed by atoms with Crippen molar-refractivity contribution >= 4 is 16.7 Å². The lowest BCUT2D eigenvalue weighted by atomic mass is 9.96. The van der Waals surface area contributed by atoms with Crippen LogP contribution >= 0.6 is 0 Å². The molecular weight excluding hydrogens is 386 g/mol. The third kappa shape index (κ3) is 4.56. The molecule has 3 aromatic carbocycles. The maximum Gasteiger partial charge on any atom is 0.274 e. The van der Waals surface area contributed by atoms with Gasteiger partial charge in [-0.2, -0.15) is 5.10 Å². The summed E-state index contributed by atoms with van der Waals surface area (Å²) >= 11 is 0. The highest BCUT2D eigenvalue weighted by Gasteiger charge is 2.18. The van der Waals surface area contributed by atoms with Gasteiger partial charge >= 0.3 is 0 Å². The fourth-order valence-electron chi connectivity index (χ4n) is 3.79. The van der Waals surface area contributed by atoms with Gasteiger partial charge in [0.1, 0.15) is 0 Å². The largest absolute Gasteiger partial charge is 0.350 e. The summed E-state index contributed by atoms with van der Waals surface area (Å²) in [6, 6.07) is 27.0. The molecule has 0 spiro atoms. The van der Waals surface area contributed by atoms with Gasteiger partial charge in [-0.25, -0.2) is 4.68 Å². The maximum atomic E-state index is 13.1. The number of rotatable bonds is 7. The van der Waals surface area contributed by atoms with E-state index in [0.29, 0.717) is 23.9 Å². The van der Waals surface area contributed by atoms with E-state index in [2.05, 4.69) is 29.5 Å². The van der Waals surface area contributed by atoms with Crippen LogP contribution in [0, 0.1) is 0 Å². The van der Waals surface area contributed by atoms with E-state index in [9.17, 15) is 9.59 Å². The molecule has 5 nitrogen and oxygen atoms in total. The highest BCUT2D eigenvalue weighted by molar-refractivity contribution is 6.04. The van der Waals surface area contributed by atoms with Gasteiger partial charge in [-0.15, -0.1) is 0 Å². The van der Waals surface area contributed by atoms with E-state index in [-0.39, 0.29) is 23.1 Å². The van der Waals surface area contributed by atoms with E-state index < -0.39 is 0 Å². The minimum Gasteiger partial charge on any atom is -0.350 e. The molecule has 0 aliphatic rings. The van der Waals surface area contributed by atoms with Gasteiger partial charge in [0.2, 0.25) is 0 Å². The Morgan fingerprint density at radius 2 is 1.52 bits per heavy atom. The van der Waals surface area contributed by atoms with Crippen molar-refractivity contribution in [2.75, 3.05) is 6.54 Å². The van der Waals surface area contributed by atoms with Crippen molar-refractivity contribution in [1.29, 1.82) is 0 Å². The van der Waals surface area contributed by atoms with Crippen LogP contribution in [0.4, 0.5) is 0 Å². The number of carbonyl (C=O) groups is 1. The molecule has 1 aromatic heterocycles. The van der Waals surface area contributed by atoms with Gasteiger partial charge < -0.3 is 5.32 Å². The predicted molar refractivity (Wildman–Crippen MR) is 123 cm³/mol. The van der Waals surface area contributed by atoms with E-state index in [1.165, 1.54) is 10.2 Å². The minimum atomic E-state index is -0.271. The lowest BCUT2D eigenvalue weighted by Gasteiger charge is -2.17. The zero-order valence-electron chi connectivity index (χ0n) is 17.5. The molecule has 0 aliphatic heterocycles. The highest BCUT2D eigenvalue weighted by atomic mass is 16.2. The highest BCUT2D eigenvalue weighted by Crippen LogP contribution is 2.19. The van der Waals surface area contributed by atoms with Crippen LogP contribution < -0.4 is 10.9 Å². The molecule has 0 aliphatic carbocycles. The van der Waals surface area contributed by atoms with Crippen molar-refractivity contribution in [1.82, 2.24) is 15.1 Å². The van der Waals surface area contributed by atoms with Crippen LogP contribution in [-0.2, 0) is 6.54 Å². The Hall–Kier alpha value is -3.73. The molecule has 5 heteroatoms. The van der Waals surface area contributed by atoms with E-state index >= 15 is 0 Å². The van der Waals surface area contributed by atoms with Gasteiger partial charge in [0.15, 0.2) is 5.69 Å². The molecule has 1 amide bonds. The van der Waals surface area contributed by atoms with Crippen LogP contribution in [0.25, 0.3) is 10.8 Å². The van der Waals surface area contributed by atoms with Gasteiger partial charge in [0.25, 0.3) is 11.5 Å². The fraction of sp³-hybridized carbons (Fsp3) is 0.192. The number of nitrogens with zero attached hydrogens (tertiary/aromatic N) is 2. The summed E-state index contributed by atoms with van der Waals surface area (Å²) in [4.78, 5) is 26.1. The molecule has 31 heavy (non-hydrogen) atoms. The molecule has 1 heterocycles. The number of carbonyl (C=O) groups excluding carboxylic acids is 1. The minimum absolute atomic E-state index is 0.202. The van der Waals surface area contributed by atoms with E-state index in [0.717, 1.165) is 12.0 Å². The topological polar surface area (TPSA) is 64.0 Å². The molecule has 4 rings (SSSR count). The van der Waals surface area contributed by atoms with Crippen molar-refractivity contribution in [2.24, 2.45) is 0 Å². The van der Waals surface area contributed by atoms with E-state index in [1.54, 1.807) is 18.2 Å². The van der Waals surface area contributed by atoms with Crippen molar-refractivity contribution in [2.45, 2.75) is 25.8 Å². The first-order chi connectivity index (χ1) is 15.2. The zero-order valence-corrected chi connectivity index (χ0v) is 17.5. The molecule has 1 unspecified atom stereocenters. The number of fused-ring (bicyclic) bond motifs is 1. The Kier molecular flexibility index (Phi) is 6.22. The van der Waals surface area contributed by atoms with E-state index in [4.69, 9.17) is 0 Å². The molecule has 0 bridgehead atoms. The Balaban J connectivity index is 1.65. The summed E-state index contributed by atoms with van der Waals surface area (Å²) in [5, 5.41) is 8.56. The maximum absolute atomic E-state index is 13.1. The molecule has 0 radical (unpaired) electrons. The van der Waals surface area contributed by atoms with Crippen molar-refractivity contribution in [3.05, 3.63) is 112 Å². The Bertz CT molecular complexity index is 1230. The SMILES string of the molecule is CCC(CNC(=O)c1nn(Cc2ccccc2)c(=O)c2ccccc12)c1ccccc1. The molecule has 4 aromatic rings. The average molecular weight is 412 g/mol. The molecule has 0 saturated carbocycles. The lowest BCUT2D eigenvalue weighted by molar-refractivity contribution is 0.0945. The number of aromatic nitrogens is 2. The number of amides is 1. The zero-order chi connectivity index (χ0) is 21.6. The summed E-state index contributed by atoms with van der Waals surface area (Å²) in [6.45, 7) is 2.93. The first kappa shape index (κ1) is 20.5. The molecule has 0 saturated heterocycles. The third-order valence-electron chi connectivity index (χ3n) is 5.53. The Morgan fingerprint density at radius 3 is 2.19 bits per heavy atom. The van der Waals surface area contributed by atoms with Crippen LogP contribution in [0.5, 0.6) is 0 Å². The van der Waals surface area contributed by atoms with Crippen molar-refractivity contribution in [3.63, 3.8) is 0 Å². The smallest absolute Gasteiger partial charge is 0.274 e. The number of nitrogens with one attached hydrogen (secondary N) is 1. The van der Waals surface area contributed by atoms with Gasteiger partial charge in [0.05, 0.1) is 11.9 Å². The van der Waals surface area contributed by atoms with Crippen molar-refractivity contribution < 1.29 is 4.79 Å². The van der Waals surface area contributed by atoms with Crippen molar-refractivity contribution in [3.8, 4) is 0 Å². The average Bonchev–Trinajstić information content (AvgIpc) is 2.82. The van der Waals surface area contributed by atoms with E-state index in [1.807, 2.05) is 54.6 Å². The summed E-state index contributed by atoms with van der Waals surface area (Å²) in [7, 11) is 0. The first-order valence-corrected chi connectivity index (χ1v) is 10.5. The van der Waals surface area contributed by atoms with Crippen LogP contribution in [0.1, 0.15) is 40.9 Å². The van der Waals surface area contributed by atoms with Crippen LogP contribution in [0.3, 0.4) is 0 Å². The van der Waals surface area contributed by atoms with Gasteiger partial charge in [-0.3, -0.25) is 9.59 Å². The summed E-state index contributed by atoms with van der Waals surface area (Å²) in [6.07, 6.45) is 0.909. The Morgan fingerprint density at radius 1 is 0.903 bits per heavy atom. The summed E-state index contributed by atoms with van der Waals surface area (Å²) < 4.78 is 1.38. The van der Waals surface area contributed by atoms with Gasteiger partial charge in [-0.05, 0) is 23.6 Å². The Labute approximate surface area is 181 Å². The molecule has 1 atom stereocenters. The predicted octanol–water partition coefficient (Wildman–Crippen LogP) is 4.37. The van der Waals surface area contributed by atoms with Gasteiger partial charge in [-0.1, -0.05) is 85.8 Å². The summed E-state index contributed by atoms with van der Waals surface area (Å²) in [5.74, 6) is -0.0565. The fourth-order valence-corrected chi connectivity index (χ4v) is 3.79. The second kappa shape index (κ2) is 9.39. The molecule has 0 fully saturated rings. The first-order valence-electron chi connectivity index (χ1n) is 10.5. The third-order valence-corrected chi connectivity index (χ3v) is 5.53. The van der Waals surface area contributed by atoms with Crippen LogP contribution in [0.15, 0.2) is 89.7 Å². The van der Waals surface area contributed by atoms with Gasteiger partial charge in [0, 0.05) is 17.8 Å². The molecule has 1 N–H and O–H groups in total. The quantitative estimate of drug-likeness (QED) is 0.491. The number of benzene rings is 3. The normalized spacial score (nSPS) is 11.9. The van der Waals surface area contributed by atoms with Crippen LogP contribution in [-0.4, -0.2) is 22.2 Å². The second-order valence-electron chi connectivity index (χ2n) is 7.57. The number of hydrogen-bond donors (Lipinski definition) is 1. The second-order valence-corrected chi connectivity index (χ2v) is 7.57. The standard InChI is InChI=1S/C26H25N3O2/c1-2-20(21-13-7-4-8-14-21)17-27-25(30)24-22-15-9-10-16-23(22)26(31)29(28-24)18-19-11-5-3-6-12-19/h3-16,20H,2,17-18H2,1H3,(H,27,30). The molecular formula is C26H25N3O2. The monoisotopic (exact) mass is 411 g/mol.